The number of amides is 2. The Kier molecular flexibility index (Phi) is 3.61. The Bertz CT molecular complexity index is 354. The van der Waals surface area contributed by atoms with E-state index in [1.807, 2.05) is 13.8 Å². The van der Waals surface area contributed by atoms with Crippen LogP contribution in [0.3, 0.4) is 0 Å². The van der Waals surface area contributed by atoms with Crippen LogP contribution < -0.4 is 10.6 Å². The second kappa shape index (κ2) is 4.88. The van der Waals surface area contributed by atoms with E-state index in [9.17, 15) is 9.59 Å². The van der Waals surface area contributed by atoms with Crippen LogP contribution in [-0.2, 0) is 9.59 Å². The van der Waals surface area contributed by atoms with E-state index in [4.69, 9.17) is 0 Å². The highest BCUT2D eigenvalue weighted by Crippen LogP contribution is 2.24. The lowest BCUT2D eigenvalue weighted by molar-refractivity contribution is -0.152. The minimum Gasteiger partial charge on any atom is -0.352 e. The van der Waals surface area contributed by atoms with E-state index in [-0.39, 0.29) is 17.7 Å². The number of hydrogen-bond acceptors (Lipinski definition) is 3. The highest BCUT2D eigenvalue weighted by molar-refractivity contribution is 5.92. The molecule has 0 aromatic carbocycles. The molecule has 5 heteroatoms. The van der Waals surface area contributed by atoms with Crippen LogP contribution >= 0.6 is 0 Å². The molecular weight excluding hydrogens is 230 g/mol. The SMILES string of the molecule is CC1CNCC(C(=O)N2CCNC(=O)C2(C)C)C1. The molecule has 2 aliphatic rings. The van der Waals surface area contributed by atoms with Crippen LogP contribution in [-0.4, -0.2) is 48.4 Å². The normalized spacial score (nSPS) is 31.9. The average Bonchev–Trinajstić information content (AvgIpc) is 2.32. The molecule has 0 aromatic heterocycles. The molecular formula is C13H23N3O2. The maximum Gasteiger partial charge on any atom is 0.245 e. The lowest BCUT2D eigenvalue weighted by atomic mass is 9.88. The molecule has 0 spiro atoms. The minimum atomic E-state index is -0.726. The van der Waals surface area contributed by atoms with Gasteiger partial charge in [-0.2, -0.15) is 0 Å². The van der Waals surface area contributed by atoms with Crippen LogP contribution in [0.5, 0.6) is 0 Å². The molecule has 2 fully saturated rings. The summed E-state index contributed by atoms with van der Waals surface area (Å²) in [6, 6.07) is 0. The van der Waals surface area contributed by atoms with Gasteiger partial charge in [0.1, 0.15) is 5.54 Å². The fraction of sp³-hybridized carbons (Fsp3) is 0.846. The summed E-state index contributed by atoms with van der Waals surface area (Å²) in [4.78, 5) is 26.2. The van der Waals surface area contributed by atoms with Crippen LogP contribution in [0.4, 0.5) is 0 Å². The molecule has 102 valence electrons. The third kappa shape index (κ3) is 2.36. The van der Waals surface area contributed by atoms with E-state index in [1.54, 1.807) is 4.90 Å². The average molecular weight is 253 g/mol. The van der Waals surface area contributed by atoms with Crippen molar-refractivity contribution in [2.75, 3.05) is 26.2 Å². The summed E-state index contributed by atoms with van der Waals surface area (Å²) in [6.45, 7) is 8.68. The standard InChI is InChI=1S/C13H23N3O2/c1-9-6-10(8-14-7-9)11(17)16-5-4-15-12(18)13(16,2)3/h9-10,14H,4-8H2,1-3H3,(H,15,18). The van der Waals surface area contributed by atoms with Gasteiger partial charge >= 0.3 is 0 Å². The zero-order valence-electron chi connectivity index (χ0n) is 11.5. The smallest absolute Gasteiger partial charge is 0.245 e. The molecule has 0 radical (unpaired) electrons. The summed E-state index contributed by atoms with van der Waals surface area (Å²) in [5.41, 5.74) is -0.726. The van der Waals surface area contributed by atoms with E-state index in [0.29, 0.717) is 19.0 Å². The fourth-order valence-electron chi connectivity index (χ4n) is 2.85. The molecule has 2 saturated heterocycles. The van der Waals surface area contributed by atoms with Crippen molar-refractivity contribution >= 4 is 11.8 Å². The van der Waals surface area contributed by atoms with Gasteiger partial charge in [0, 0.05) is 19.6 Å². The molecule has 2 N–H and O–H groups in total. The largest absolute Gasteiger partial charge is 0.352 e. The third-order valence-electron chi connectivity index (χ3n) is 4.04. The summed E-state index contributed by atoms with van der Waals surface area (Å²) >= 11 is 0. The van der Waals surface area contributed by atoms with Crippen molar-refractivity contribution in [3.8, 4) is 0 Å². The first kappa shape index (κ1) is 13.3. The van der Waals surface area contributed by atoms with E-state index < -0.39 is 5.54 Å². The van der Waals surface area contributed by atoms with Gasteiger partial charge in [-0.05, 0) is 32.7 Å². The molecule has 2 aliphatic heterocycles. The van der Waals surface area contributed by atoms with Gasteiger partial charge in [-0.1, -0.05) is 6.92 Å². The lowest BCUT2D eigenvalue weighted by Crippen LogP contribution is -2.65. The fourth-order valence-corrected chi connectivity index (χ4v) is 2.85. The van der Waals surface area contributed by atoms with Crippen LogP contribution in [0.1, 0.15) is 27.2 Å². The van der Waals surface area contributed by atoms with Crippen molar-refractivity contribution in [1.82, 2.24) is 15.5 Å². The number of nitrogens with zero attached hydrogens (tertiary/aromatic N) is 1. The van der Waals surface area contributed by atoms with Crippen LogP contribution in [0, 0.1) is 11.8 Å². The zero-order chi connectivity index (χ0) is 13.3. The number of piperidine rings is 1. The Morgan fingerprint density at radius 1 is 1.39 bits per heavy atom. The van der Waals surface area contributed by atoms with Crippen LogP contribution in [0.15, 0.2) is 0 Å². The monoisotopic (exact) mass is 253 g/mol. The number of carbonyl (C=O) groups is 2. The topological polar surface area (TPSA) is 61.4 Å². The first-order chi connectivity index (χ1) is 8.43. The number of carbonyl (C=O) groups excluding carboxylic acids is 2. The number of rotatable bonds is 1. The van der Waals surface area contributed by atoms with Gasteiger partial charge in [-0.25, -0.2) is 0 Å². The second-order valence-corrected chi connectivity index (χ2v) is 6.00. The zero-order valence-corrected chi connectivity index (χ0v) is 11.5. The van der Waals surface area contributed by atoms with Crippen molar-refractivity contribution in [1.29, 1.82) is 0 Å². The second-order valence-electron chi connectivity index (χ2n) is 6.00. The van der Waals surface area contributed by atoms with Gasteiger partial charge in [0.15, 0.2) is 0 Å². The summed E-state index contributed by atoms with van der Waals surface area (Å²) < 4.78 is 0. The molecule has 18 heavy (non-hydrogen) atoms. The van der Waals surface area contributed by atoms with Crippen molar-refractivity contribution in [3.63, 3.8) is 0 Å². The Labute approximate surface area is 108 Å². The van der Waals surface area contributed by atoms with Gasteiger partial charge in [0.25, 0.3) is 0 Å². The molecule has 2 rings (SSSR count). The van der Waals surface area contributed by atoms with Gasteiger partial charge in [0.05, 0.1) is 5.92 Å². The first-order valence-corrected chi connectivity index (χ1v) is 6.73. The lowest BCUT2D eigenvalue weighted by Gasteiger charge is -2.43. The van der Waals surface area contributed by atoms with E-state index in [0.717, 1.165) is 19.5 Å². The van der Waals surface area contributed by atoms with Gasteiger partial charge < -0.3 is 15.5 Å². The summed E-state index contributed by atoms with van der Waals surface area (Å²) in [7, 11) is 0. The van der Waals surface area contributed by atoms with Crippen molar-refractivity contribution < 1.29 is 9.59 Å². The number of piperazine rings is 1. The Morgan fingerprint density at radius 2 is 2.11 bits per heavy atom. The van der Waals surface area contributed by atoms with E-state index in [2.05, 4.69) is 17.6 Å². The van der Waals surface area contributed by atoms with Crippen molar-refractivity contribution in [3.05, 3.63) is 0 Å². The Balaban J connectivity index is 2.10. The third-order valence-corrected chi connectivity index (χ3v) is 4.04. The van der Waals surface area contributed by atoms with Gasteiger partial charge in [-0.3, -0.25) is 9.59 Å². The van der Waals surface area contributed by atoms with E-state index in [1.165, 1.54) is 0 Å². The predicted molar refractivity (Wildman–Crippen MR) is 68.9 cm³/mol. The quantitative estimate of drug-likeness (QED) is 0.690. The maximum absolute atomic E-state index is 12.6. The molecule has 0 saturated carbocycles. The predicted octanol–water partition coefficient (Wildman–Crippen LogP) is -0.0310. The Morgan fingerprint density at radius 3 is 2.78 bits per heavy atom. The highest BCUT2D eigenvalue weighted by Gasteiger charge is 2.42. The molecule has 0 bridgehead atoms. The van der Waals surface area contributed by atoms with E-state index >= 15 is 0 Å². The molecule has 0 aliphatic carbocycles. The highest BCUT2D eigenvalue weighted by atomic mass is 16.2. The minimum absolute atomic E-state index is 0.0129. The van der Waals surface area contributed by atoms with Gasteiger partial charge in [-0.15, -0.1) is 0 Å². The van der Waals surface area contributed by atoms with Gasteiger partial charge in [0.2, 0.25) is 11.8 Å². The summed E-state index contributed by atoms with van der Waals surface area (Å²) in [6.07, 6.45) is 0.917. The van der Waals surface area contributed by atoms with Crippen molar-refractivity contribution in [2.24, 2.45) is 11.8 Å². The molecule has 5 nitrogen and oxygen atoms in total. The molecule has 0 aromatic rings. The Hall–Kier alpha value is -1.10. The van der Waals surface area contributed by atoms with Crippen LogP contribution in [0.2, 0.25) is 0 Å². The molecule has 2 amide bonds. The van der Waals surface area contributed by atoms with Crippen molar-refractivity contribution in [2.45, 2.75) is 32.7 Å². The molecule has 2 atom stereocenters. The number of hydrogen-bond donors (Lipinski definition) is 2. The maximum atomic E-state index is 12.6. The first-order valence-electron chi connectivity index (χ1n) is 6.73. The number of nitrogens with one attached hydrogen (secondary N) is 2. The molecule has 2 unspecified atom stereocenters. The van der Waals surface area contributed by atoms with Crippen LogP contribution in [0.25, 0.3) is 0 Å². The molecule has 2 heterocycles. The summed E-state index contributed by atoms with van der Waals surface area (Å²) in [5.74, 6) is 0.598. The summed E-state index contributed by atoms with van der Waals surface area (Å²) in [5, 5.41) is 6.12.